The smallest absolute Gasteiger partial charge is 0.334 e. The number of nitriles is 1. The predicted molar refractivity (Wildman–Crippen MR) is 47.4 cm³/mol. The van der Waals surface area contributed by atoms with Gasteiger partial charge in [0.1, 0.15) is 0 Å². The number of halogens is 1. The molecule has 0 rings (SSSR count). The first kappa shape index (κ1) is 13.3. The van der Waals surface area contributed by atoms with Crippen molar-refractivity contribution in [3.8, 4) is 6.07 Å². The fourth-order valence-electron chi connectivity index (χ4n) is 0.173. The Morgan fingerprint density at radius 3 is 2.33 bits per heavy atom. The van der Waals surface area contributed by atoms with E-state index in [1.807, 2.05) is 0 Å². The minimum atomic E-state index is -0.444. The quantitative estimate of drug-likeness (QED) is 0.288. The van der Waals surface area contributed by atoms with Crippen molar-refractivity contribution in [2.24, 2.45) is 0 Å². The molecule has 0 saturated heterocycles. The third-order valence-corrected chi connectivity index (χ3v) is 0.735. The van der Waals surface area contributed by atoms with E-state index in [9.17, 15) is 4.79 Å². The Labute approximate surface area is 76.9 Å². The van der Waals surface area contributed by atoms with Crippen molar-refractivity contribution in [3.63, 3.8) is 0 Å². The lowest BCUT2D eigenvalue weighted by Gasteiger charge is -1.95. The van der Waals surface area contributed by atoms with Crippen molar-refractivity contribution in [1.82, 2.24) is 0 Å². The highest BCUT2D eigenvalue weighted by Gasteiger charge is 1.98. The Hall–Kier alpha value is -1.27. The molecule has 0 heterocycles. The van der Waals surface area contributed by atoms with Crippen LogP contribution in [0.3, 0.4) is 0 Å². The minimum absolute atomic E-state index is 0.105. The van der Waals surface area contributed by atoms with Gasteiger partial charge in [-0.05, 0) is 6.92 Å². The van der Waals surface area contributed by atoms with Gasteiger partial charge in [-0.1, -0.05) is 24.8 Å². The maximum atomic E-state index is 10.3. The average Bonchev–Trinajstić information content (AvgIpc) is 2.05. The van der Waals surface area contributed by atoms with Crippen LogP contribution in [-0.4, -0.2) is 12.0 Å². The first-order valence-electron chi connectivity index (χ1n) is 2.99. The van der Waals surface area contributed by atoms with Gasteiger partial charge in [0.2, 0.25) is 0 Å². The number of rotatable bonds is 2. The largest absolute Gasteiger partial charge is 0.446 e. The molecule has 0 bridgehead atoms. The number of hydrogen-bond acceptors (Lipinski definition) is 3. The molecule has 0 spiro atoms. The van der Waals surface area contributed by atoms with Crippen LogP contribution in [0.15, 0.2) is 24.8 Å². The van der Waals surface area contributed by atoms with Gasteiger partial charge in [0.25, 0.3) is 0 Å². The Kier molecular flexibility index (Phi) is 10.8. The van der Waals surface area contributed by atoms with E-state index in [0.717, 1.165) is 0 Å². The number of ether oxygens (including phenoxy) is 1. The summed E-state index contributed by atoms with van der Waals surface area (Å²) in [7, 11) is 0. The molecule has 0 aliphatic heterocycles. The lowest BCUT2D eigenvalue weighted by atomic mass is 10.4. The van der Waals surface area contributed by atoms with Crippen LogP contribution in [0, 0.1) is 11.3 Å². The van der Waals surface area contributed by atoms with Gasteiger partial charge in [0.05, 0.1) is 6.07 Å². The van der Waals surface area contributed by atoms with Crippen LogP contribution in [0.5, 0.6) is 0 Å². The zero-order valence-electron chi connectivity index (χ0n) is 6.84. The van der Waals surface area contributed by atoms with Gasteiger partial charge in [0.15, 0.2) is 6.07 Å². The van der Waals surface area contributed by atoms with Crippen molar-refractivity contribution < 1.29 is 9.53 Å². The number of carbonyl (C=O) groups excluding carboxylic acids is 1. The fourth-order valence-corrected chi connectivity index (χ4v) is 0.272. The molecule has 0 radical (unpaired) electrons. The number of nitrogens with zero attached hydrogens (tertiary/aromatic N) is 1. The summed E-state index contributed by atoms with van der Waals surface area (Å²) in [6.45, 7) is 8.02. The first-order valence-corrected chi connectivity index (χ1v) is 3.52. The first-order chi connectivity index (χ1) is 5.59. The Balaban J connectivity index is 0. The SMILES string of the molecule is C=C(C)C(=O)OCCl.C=CC#N. The Bertz CT molecular complexity index is 206. The molecule has 0 saturated carbocycles. The fraction of sp³-hybridized carbons (Fsp3) is 0.250. The molecule has 0 aromatic heterocycles. The Morgan fingerprint density at radius 2 is 2.25 bits per heavy atom. The van der Waals surface area contributed by atoms with E-state index in [1.165, 1.54) is 6.08 Å². The molecule has 0 aliphatic carbocycles. The average molecular weight is 188 g/mol. The van der Waals surface area contributed by atoms with E-state index in [-0.39, 0.29) is 6.07 Å². The summed E-state index contributed by atoms with van der Waals surface area (Å²) in [4.78, 5) is 10.3. The van der Waals surface area contributed by atoms with E-state index < -0.39 is 5.97 Å². The summed E-state index contributed by atoms with van der Waals surface area (Å²) in [6, 6.07) is 1.59. The summed E-state index contributed by atoms with van der Waals surface area (Å²) in [6.07, 6.45) is 1.18. The molecule has 0 unspecified atom stereocenters. The zero-order valence-corrected chi connectivity index (χ0v) is 7.60. The molecule has 0 aromatic carbocycles. The van der Waals surface area contributed by atoms with Crippen molar-refractivity contribution in [2.45, 2.75) is 6.92 Å². The van der Waals surface area contributed by atoms with Crippen molar-refractivity contribution in [2.75, 3.05) is 6.07 Å². The van der Waals surface area contributed by atoms with Crippen LogP contribution >= 0.6 is 11.6 Å². The molecule has 0 N–H and O–H groups in total. The van der Waals surface area contributed by atoms with Gasteiger partial charge in [-0.15, -0.1) is 0 Å². The molecule has 0 fully saturated rings. The normalized spacial score (nSPS) is 6.75. The second kappa shape index (κ2) is 9.73. The molecular weight excluding hydrogens is 178 g/mol. The molecule has 4 heteroatoms. The standard InChI is InChI=1S/C5H7ClO2.C3H3N/c1-4(2)5(7)8-3-6;1-2-3-4/h1,3H2,2H3;2H,1H2. The maximum absolute atomic E-state index is 10.3. The van der Waals surface area contributed by atoms with Gasteiger partial charge in [-0.2, -0.15) is 5.26 Å². The van der Waals surface area contributed by atoms with Crippen LogP contribution in [0.1, 0.15) is 6.92 Å². The highest BCUT2D eigenvalue weighted by molar-refractivity contribution is 6.17. The van der Waals surface area contributed by atoms with Gasteiger partial charge >= 0.3 is 5.97 Å². The topological polar surface area (TPSA) is 50.1 Å². The minimum Gasteiger partial charge on any atom is -0.446 e. The summed E-state index contributed by atoms with van der Waals surface area (Å²) in [5.74, 6) is -0.444. The lowest BCUT2D eigenvalue weighted by molar-refractivity contribution is -0.136. The maximum Gasteiger partial charge on any atom is 0.334 e. The molecule has 3 nitrogen and oxygen atoms in total. The number of carbonyl (C=O) groups is 1. The zero-order chi connectivity index (χ0) is 9.98. The van der Waals surface area contributed by atoms with Crippen LogP contribution in [0.2, 0.25) is 0 Å². The molecule has 0 amide bonds. The molecule has 12 heavy (non-hydrogen) atoms. The van der Waals surface area contributed by atoms with Gasteiger partial charge in [-0.25, -0.2) is 4.79 Å². The molecular formula is C8H10ClNO2. The third kappa shape index (κ3) is 11.5. The van der Waals surface area contributed by atoms with Crippen molar-refractivity contribution >= 4 is 17.6 Å². The highest BCUT2D eigenvalue weighted by atomic mass is 35.5. The van der Waals surface area contributed by atoms with Crippen LogP contribution in [0.4, 0.5) is 0 Å². The van der Waals surface area contributed by atoms with Gasteiger partial charge in [0, 0.05) is 11.6 Å². The van der Waals surface area contributed by atoms with E-state index >= 15 is 0 Å². The predicted octanol–water partition coefficient (Wildman–Crippen LogP) is 2.00. The molecule has 66 valence electrons. The summed E-state index contributed by atoms with van der Waals surface area (Å²) < 4.78 is 4.33. The third-order valence-electron chi connectivity index (χ3n) is 0.625. The van der Waals surface area contributed by atoms with Crippen molar-refractivity contribution in [3.05, 3.63) is 24.8 Å². The van der Waals surface area contributed by atoms with E-state index in [4.69, 9.17) is 16.9 Å². The van der Waals surface area contributed by atoms with Gasteiger partial charge in [-0.3, -0.25) is 0 Å². The van der Waals surface area contributed by atoms with E-state index in [2.05, 4.69) is 17.9 Å². The lowest BCUT2D eigenvalue weighted by Crippen LogP contribution is -2.02. The van der Waals surface area contributed by atoms with Gasteiger partial charge < -0.3 is 4.74 Å². The second-order valence-electron chi connectivity index (χ2n) is 1.65. The molecule has 0 aromatic rings. The summed E-state index contributed by atoms with van der Waals surface area (Å²) >= 11 is 5.06. The number of allylic oxidation sites excluding steroid dienone is 1. The van der Waals surface area contributed by atoms with Crippen LogP contribution in [0.25, 0.3) is 0 Å². The second-order valence-corrected chi connectivity index (χ2v) is 1.87. The number of alkyl halides is 1. The number of hydrogen-bond donors (Lipinski definition) is 0. The molecule has 0 aliphatic rings. The van der Waals surface area contributed by atoms with E-state index in [1.54, 1.807) is 13.0 Å². The van der Waals surface area contributed by atoms with Crippen molar-refractivity contribution in [1.29, 1.82) is 5.26 Å². The van der Waals surface area contributed by atoms with E-state index in [0.29, 0.717) is 5.57 Å². The molecule has 0 atom stereocenters. The van der Waals surface area contributed by atoms with Crippen LogP contribution in [-0.2, 0) is 9.53 Å². The monoisotopic (exact) mass is 187 g/mol. The number of esters is 1. The van der Waals surface area contributed by atoms with Crippen LogP contribution < -0.4 is 0 Å². The summed E-state index contributed by atoms with van der Waals surface area (Å²) in [5, 5.41) is 7.51. The Morgan fingerprint density at radius 1 is 1.83 bits per heavy atom. The highest BCUT2D eigenvalue weighted by Crippen LogP contribution is 1.91. The summed E-state index contributed by atoms with van der Waals surface area (Å²) in [5.41, 5.74) is 0.366.